The highest BCUT2D eigenvalue weighted by molar-refractivity contribution is 9.10. The normalized spacial score (nSPS) is 12.7. The van der Waals surface area contributed by atoms with E-state index < -0.39 is 0 Å². The number of nitro benzene ring substituents is 1. The maximum Gasteiger partial charge on any atom is 0.275 e. The number of benzene rings is 1. The second kappa shape index (κ2) is 7.57. The van der Waals surface area contributed by atoms with E-state index >= 15 is 0 Å². The molecule has 0 amide bonds. The van der Waals surface area contributed by atoms with E-state index in [1.165, 1.54) is 6.07 Å². The molecule has 2 N–H and O–H groups in total. The molecular formula is C13H19BrN2O3. The smallest absolute Gasteiger partial charge is 0.275 e. The molecule has 0 aliphatic carbocycles. The lowest BCUT2D eigenvalue weighted by Gasteiger charge is -2.21. The van der Waals surface area contributed by atoms with Crippen molar-refractivity contribution in [1.29, 1.82) is 0 Å². The topological polar surface area (TPSA) is 75.4 Å². The van der Waals surface area contributed by atoms with Gasteiger partial charge in [-0.2, -0.15) is 0 Å². The summed E-state index contributed by atoms with van der Waals surface area (Å²) < 4.78 is 0.693. The minimum atomic E-state index is -0.377. The Morgan fingerprint density at radius 1 is 1.47 bits per heavy atom. The van der Waals surface area contributed by atoms with Gasteiger partial charge in [-0.25, -0.2) is 0 Å². The lowest BCUT2D eigenvalue weighted by atomic mass is 10.0. The SMILES string of the molecule is CC(C)C(CCO)NCc1ccc(Br)cc1[N+](=O)[O-]. The van der Waals surface area contributed by atoms with Gasteiger partial charge < -0.3 is 10.4 Å². The van der Waals surface area contributed by atoms with Crippen molar-refractivity contribution in [3.05, 3.63) is 38.3 Å². The number of hydrogen-bond donors (Lipinski definition) is 2. The highest BCUT2D eigenvalue weighted by Crippen LogP contribution is 2.23. The van der Waals surface area contributed by atoms with Crippen LogP contribution in [0.3, 0.4) is 0 Å². The minimum Gasteiger partial charge on any atom is -0.396 e. The zero-order valence-corrected chi connectivity index (χ0v) is 12.7. The summed E-state index contributed by atoms with van der Waals surface area (Å²) >= 11 is 3.23. The molecule has 1 aromatic carbocycles. The van der Waals surface area contributed by atoms with E-state index in [4.69, 9.17) is 5.11 Å². The maximum atomic E-state index is 11.0. The molecule has 0 saturated carbocycles. The summed E-state index contributed by atoms with van der Waals surface area (Å²) in [6, 6.07) is 5.19. The number of nitrogens with one attached hydrogen (secondary N) is 1. The van der Waals surface area contributed by atoms with Gasteiger partial charge in [-0.1, -0.05) is 29.8 Å². The third kappa shape index (κ3) is 4.89. The van der Waals surface area contributed by atoms with Gasteiger partial charge in [0.2, 0.25) is 0 Å². The Morgan fingerprint density at radius 2 is 2.16 bits per heavy atom. The van der Waals surface area contributed by atoms with E-state index in [9.17, 15) is 10.1 Å². The van der Waals surface area contributed by atoms with Crippen LogP contribution in [0.25, 0.3) is 0 Å². The molecule has 0 saturated heterocycles. The zero-order valence-electron chi connectivity index (χ0n) is 11.1. The molecule has 0 heterocycles. The van der Waals surface area contributed by atoms with E-state index in [2.05, 4.69) is 35.1 Å². The van der Waals surface area contributed by atoms with E-state index in [0.717, 1.165) is 0 Å². The van der Waals surface area contributed by atoms with E-state index in [1.807, 2.05) is 0 Å². The summed E-state index contributed by atoms with van der Waals surface area (Å²) in [7, 11) is 0. The van der Waals surface area contributed by atoms with Crippen LogP contribution in [0.1, 0.15) is 25.8 Å². The second-order valence-corrected chi connectivity index (χ2v) is 5.69. The molecule has 0 spiro atoms. The fraction of sp³-hybridized carbons (Fsp3) is 0.538. The first-order valence-corrected chi connectivity index (χ1v) is 7.02. The van der Waals surface area contributed by atoms with Crippen molar-refractivity contribution in [2.75, 3.05) is 6.61 Å². The van der Waals surface area contributed by atoms with Crippen molar-refractivity contribution in [2.24, 2.45) is 5.92 Å². The van der Waals surface area contributed by atoms with Gasteiger partial charge in [-0.05, 0) is 24.5 Å². The van der Waals surface area contributed by atoms with Crippen LogP contribution in [0, 0.1) is 16.0 Å². The minimum absolute atomic E-state index is 0.105. The van der Waals surface area contributed by atoms with Gasteiger partial charge in [-0.15, -0.1) is 0 Å². The van der Waals surface area contributed by atoms with E-state index in [1.54, 1.807) is 12.1 Å². The number of halogens is 1. The van der Waals surface area contributed by atoms with Crippen molar-refractivity contribution in [1.82, 2.24) is 5.32 Å². The Bertz CT molecular complexity index is 438. The Kier molecular flexibility index (Phi) is 6.41. The van der Waals surface area contributed by atoms with Crippen LogP contribution < -0.4 is 5.32 Å². The molecule has 0 fully saturated rings. The summed E-state index contributed by atoms with van der Waals surface area (Å²) in [5.41, 5.74) is 0.755. The number of nitro groups is 1. The molecule has 19 heavy (non-hydrogen) atoms. The van der Waals surface area contributed by atoms with Crippen LogP contribution in [0.15, 0.2) is 22.7 Å². The van der Waals surface area contributed by atoms with Crippen LogP contribution in [-0.2, 0) is 6.54 Å². The molecule has 1 atom stereocenters. The number of rotatable bonds is 7. The predicted molar refractivity (Wildman–Crippen MR) is 78.0 cm³/mol. The largest absolute Gasteiger partial charge is 0.396 e. The number of aliphatic hydroxyl groups is 1. The lowest BCUT2D eigenvalue weighted by Crippen LogP contribution is -2.34. The van der Waals surface area contributed by atoms with Crippen LogP contribution >= 0.6 is 15.9 Å². The van der Waals surface area contributed by atoms with E-state index in [0.29, 0.717) is 28.9 Å². The van der Waals surface area contributed by atoms with Gasteiger partial charge in [0.15, 0.2) is 0 Å². The Morgan fingerprint density at radius 3 is 2.68 bits per heavy atom. The summed E-state index contributed by atoms with van der Waals surface area (Å²) in [6.45, 7) is 4.65. The summed E-state index contributed by atoms with van der Waals surface area (Å²) in [6.07, 6.45) is 0.641. The van der Waals surface area contributed by atoms with Gasteiger partial charge >= 0.3 is 0 Å². The molecular weight excluding hydrogens is 312 g/mol. The number of nitrogens with zero attached hydrogens (tertiary/aromatic N) is 1. The summed E-state index contributed by atoms with van der Waals surface area (Å²) in [4.78, 5) is 10.6. The average Bonchev–Trinajstić information content (AvgIpc) is 2.35. The molecule has 5 nitrogen and oxygen atoms in total. The maximum absolute atomic E-state index is 11.0. The second-order valence-electron chi connectivity index (χ2n) is 4.77. The zero-order chi connectivity index (χ0) is 14.4. The number of hydrogen-bond acceptors (Lipinski definition) is 4. The molecule has 0 aliphatic rings. The van der Waals surface area contributed by atoms with Gasteiger partial charge in [0.1, 0.15) is 0 Å². The fourth-order valence-electron chi connectivity index (χ4n) is 1.91. The quantitative estimate of drug-likeness (QED) is 0.595. The van der Waals surface area contributed by atoms with Gasteiger partial charge in [0.05, 0.1) is 4.92 Å². The van der Waals surface area contributed by atoms with Crippen molar-refractivity contribution in [3.8, 4) is 0 Å². The van der Waals surface area contributed by atoms with Crippen LogP contribution in [0.2, 0.25) is 0 Å². The monoisotopic (exact) mass is 330 g/mol. The molecule has 0 aromatic heterocycles. The Balaban J connectivity index is 2.79. The summed E-state index contributed by atoms with van der Waals surface area (Å²) in [5, 5.41) is 23.3. The van der Waals surface area contributed by atoms with Gasteiger partial charge in [0, 0.05) is 35.3 Å². The van der Waals surface area contributed by atoms with Crippen molar-refractivity contribution in [3.63, 3.8) is 0 Å². The van der Waals surface area contributed by atoms with E-state index in [-0.39, 0.29) is 23.3 Å². The van der Waals surface area contributed by atoms with Crippen LogP contribution in [0.5, 0.6) is 0 Å². The molecule has 1 rings (SSSR count). The highest BCUT2D eigenvalue weighted by Gasteiger charge is 2.17. The summed E-state index contributed by atoms with van der Waals surface area (Å²) in [5.74, 6) is 0.363. The average molecular weight is 331 g/mol. The Labute approximate surface area is 121 Å². The highest BCUT2D eigenvalue weighted by atomic mass is 79.9. The first kappa shape index (κ1) is 16.1. The van der Waals surface area contributed by atoms with Crippen molar-refractivity contribution < 1.29 is 10.0 Å². The molecule has 106 valence electrons. The van der Waals surface area contributed by atoms with Crippen molar-refractivity contribution >= 4 is 21.6 Å². The first-order chi connectivity index (χ1) is 8.95. The molecule has 0 bridgehead atoms. The third-order valence-electron chi connectivity index (χ3n) is 3.04. The van der Waals surface area contributed by atoms with Gasteiger partial charge in [0.25, 0.3) is 5.69 Å². The van der Waals surface area contributed by atoms with Crippen LogP contribution in [-0.4, -0.2) is 22.7 Å². The molecule has 1 unspecified atom stereocenters. The van der Waals surface area contributed by atoms with Crippen molar-refractivity contribution in [2.45, 2.75) is 32.9 Å². The first-order valence-electron chi connectivity index (χ1n) is 6.22. The Hall–Kier alpha value is -0.980. The standard InChI is InChI=1S/C13H19BrN2O3/c1-9(2)12(5-6-17)15-8-10-3-4-11(14)7-13(10)16(18)19/h3-4,7,9,12,15,17H,5-6,8H2,1-2H3. The predicted octanol–water partition coefficient (Wildman–Crippen LogP) is 2.85. The van der Waals surface area contributed by atoms with Crippen LogP contribution in [0.4, 0.5) is 5.69 Å². The number of aliphatic hydroxyl groups excluding tert-OH is 1. The fourth-order valence-corrected chi connectivity index (χ4v) is 2.26. The molecule has 1 aromatic rings. The third-order valence-corrected chi connectivity index (χ3v) is 3.54. The lowest BCUT2D eigenvalue weighted by molar-refractivity contribution is -0.385. The molecule has 0 aliphatic heterocycles. The van der Waals surface area contributed by atoms with Gasteiger partial charge in [-0.3, -0.25) is 10.1 Å². The molecule has 6 heteroatoms. The molecule has 0 radical (unpaired) electrons.